The minimum absolute atomic E-state index is 0.697. The first-order valence-electron chi connectivity index (χ1n) is 8.31. The molecule has 4 heteroatoms. The maximum atomic E-state index is 4.47. The second-order valence-corrected chi connectivity index (χ2v) is 7.36. The fourth-order valence-corrected chi connectivity index (χ4v) is 4.63. The number of pyridine rings is 1. The average molecular weight is 305 g/mol. The van der Waals surface area contributed by atoms with E-state index in [0.717, 1.165) is 30.2 Å². The number of rotatable bonds is 4. The van der Waals surface area contributed by atoms with Crippen molar-refractivity contribution in [3.05, 3.63) is 24.4 Å². The van der Waals surface area contributed by atoms with Gasteiger partial charge in [0.05, 0.1) is 0 Å². The molecule has 1 aromatic heterocycles. The lowest BCUT2D eigenvalue weighted by atomic mass is 9.93. The van der Waals surface area contributed by atoms with Crippen LogP contribution >= 0.6 is 11.8 Å². The van der Waals surface area contributed by atoms with Crippen LogP contribution < -0.4 is 10.2 Å². The summed E-state index contributed by atoms with van der Waals surface area (Å²) in [6, 6.07) is 7.63. The second-order valence-electron chi connectivity index (χ2n) is 6.28. The van der Waals surface area contributed by atoms with Gasteiger partial charge in [0.1, 0.15) is 5.82 Å². The van der Waals surface area contributed by atoms with Gasteiger partial charge in [0.15, 0.2) is 0 Å². The van der Waals surface area contributed by atoms with Gasteiger partial charge in [-0.25, -0.2) is 4.98 Å². The maximum Gasteiger partial charge on any atom is 0.128 e. The van der Waals surface area contributed by atoms with Gasteiger partial charge in [-0.3, -0.25) is 0 Å². The molecule has 1 aliphatic heterocycles. The van der Waals surface area contributed by atoms with Gasteiger partial charge in [0, 0.05) is 36.6 Å². The summed E-state index contributed by atoms with van der Waals surface area (Å²) in [7, 11) is 0. The molecule has 0 spiro atoms. The number of thioether (sulfide) groups is 1. The third-order valence-electron chi connectivity index (χ3n) is 4.92. The van der Waals surface area contributed by atoms with Crippen LogP contribution in [0.2, 0.25) is 0 Å². The fraction of sp³-hybridized carbons (Fsp3) is 0.706. The number of nitrogens with one attached hydrogen (secondary N) is 1. The van der Waals surface area contributed by atoms with Crippen LogP contribution in [0.5, 0.6) is 0 Å². The number of nitrogens with zero attached hydrogens (tertiary/aromatic N) is 2. The quantitative estimate of drug-likeness (QED) is 0.924. The molecule has 0 radical (unpaired) electrons. The number of hydrogen-bond acceptors (Lipinski definition) is 4. The van der Waals surface area contributed by atoms with E-state index >= 15 is 0 Å². The standard InChI is InChI=1S/C17H27N3S/c1-21-16-7-3-2-6-15(16)19-14-9-12-20(13-10-14)17-8-4-5-11-18-17/h4-5,8,11,14-16,19H,2-3,6-7,9-10,12-13H2,1H3. The first-order valence-corrected chi connectivity index (χ1v) is 9.60. The molecule has 1 aliphatic carbocycles. The molecule has 116 valence electrons. The molecule has 2 heterocycles. The Bertz CT molecular complexity index is 417. The van der Waals surface area contributed by atoms with Gasteiger partial charge in [-0.05, 0) is 44.1 Å². The fourth-order valence-electron chi connectivity index (χ4n) is 3.69. The van der Waals surface area contributed by atoms with Crippen LogP contribution in [0.25, 0.3) is 0 Å². The highest BCUT2D eigenvalue weighted by atomic mass is 32.2. The van der Waals surface area contributed by atoms with E-state index in [0.29, 0.717) is 6.04 Å². The number of hydrogen-bond donors (Lipinski definition) is 1. The minimum Gasteiger partial charge on any atom is -0.357 e. The Kier molecular flexibility index (Phi) is 5.42. The maximum absolute atomic E-state index is 4.47. The van der Waals surface area contributed by atoms with Crippen molar-refractivity contribution in [2.45, 2.75) is 55.9 Å². The Balaban J connectivity index is 1.49. The van der Waals surface area contributed by atoms with Crippen LogP contribution in [0.1, 0.15) is 38.5 Å². The van der Waals surface area contributed by atoms with Crippen molar-refractivity contribution in [3.8, 4) is 0 Å². The molecule has 1 N–H and O–H groups in total. The Morgan fingerprint density at radius 1 is 1.14 bits per heavy atom. The molecule has 2 fully saturated rings. The highest BCUT2D eigenvalue weighted by molar-refractivity contribution is 7.99. The lowest BCUT2D eigenvalue weighted by Gasteiger charge is -2.38. The monoisotopic (exact) mass is 305 g/mol. The summed E-state index contributed by atoms with van der Waals surface area (Å²) in [5.41, 5.74) is 0. The smallest absolute Gasteiger partial charge is 0.128 e. The first kappa shape index (κ1) is 15.2. The highest BCUT2D eigenvalue weighted by Gasteiger charge is 2.28. The zero-order chi connectivity index (χ0) is 14.5. The molecule has 3 rings (SSSR count). The lowest BCUT2D eigenvalue weighted by molar-refractivity contribution is 0.314. The van der Waals surface area contributed by atoms with Crippen LogP contribution in [-0.4, -0.2) is 41.7 Å². The molecule has 2 atom stereocenters. The summed E-state index contributed by atoms with van der Waals surface area (Å²) in [4.78, 5) is 6.89. The van der Waals surface area contributed by atoms with Crippen molar-refractivity contribution in [3.63, 3.8) is 0 Å². The largest absolute Gasteiger partial charge is 0.357 e. The normalized spacial score (nSPS) is 27.8. The van der Waals surface area contributed by atoms with E-state index in [9.17, 15) is 0 Å². The molecule has 1 saturated carbocycles. The SMILES string of the molecule is CSC1CCCCC1NC1CCN(c2ccccn2)CC1. The van der Waals surface area contributed by atoms with Crippen molar-refractivity contribution in [2.24, 2.45) is 0 Å². The molecule has 3 nitrogen and oxygen atoms in total. The van der Waals surface area contributed by atoms with Crippen LogP contribution in [0.4, 0.5) is 5.82 Å². The predicted octanol–water partition coefficient (Wildman–Crippen LogP) is 3.31. The van der Waals surface area contributed by atoms with E-state index in [1.54, 1.807) is 0 Å². The zero-order valence-electron chi connectivity index (χ0n) is 13.0. The van der Waals surface area contributed by atoms with Crippen LogP contribution in [0.15, 0.2) is 24.4 Å². The van der Waals surface area contributed by atoms with Gasteiger partial charge in [-0.1, -0.05) is 18.9 Å². The minimum atomic E-state index is 0.697. The van der Waals surface area contributed by atoms with Gasteiger partial charge >= 0.3 is 0 Å². The van der Waals surface area contributed by atoms with Crippen molar-refractivity contribution in [2.75, 3.05) is 24.2 Å². The van der Waals surface area contributed by atoms with Crippen molar-refractivity contribution in [1.82, 2.24) is 10.3 Å². The van der Waals surface area contributed by atoms with Crippen LogP contribution in [-0.2, 0) is 0 Å². The number of anilines is 1. The molecule has 1 aromatic rings. The van der Waals surface area contributed by atoms with E-state index in [1.165, 1.54) is 38.5 Å². The van der Waals surface area contributed by atoms with E-state index in [2.05, 4.69) is 45.4 Å². The lowest BCUT2D eigenvalue weighted by Crippen LogP contribution is -2.50. The summed E-state index contributed by atoms with van der Waals surface area (Å²) < 4.78 is 0. The molecule has 0 bridgehead atoms. The van der Waals surface area contributed by atoms with Gasteiger partial charge in [-0.15, -0.1) is 0 Å². The molecule has 2 unspecified atom stereocenters. The Morgan fingerprint density at radius 2 is 1.95 bits per heavy atom. The van der Waals surface area contributed by atoms with E-state index in [4.69, 9.17) is 0 Å². The van der Waals surface area contributed by atoms with Crippen LogP contribution in [0.3, 0.4) is 0 Å². The molecule has 21 heavy (non-hydrogen) atoms. The first-order chi connectivity index (χ1) is 10.4. The summed E-state index contributed by atoms with van der Waals surface area (Å²) in [5.74, 6) is 1.13. The molecule has 0 amide bonds. The summed E-state index contributed by atoms with van der Waals surface area (Å²) >= 11 is 2.06. The van der Waals surface area contributed by atoms with E-state index in [-0.39, 0.29) is 0 Å². The molecular weight excluding hydrogens is 278 g/mol. The summed E-state index contributed by atoms with van der Waals surface area (Å²) in [6.07, 6.45) is 12.2. The van der Waals surface area contributed by atoms with Crippen LogP contribution in [0, 0.1) is 0 Å². The van der Waals surface area contributed by atoms with Crippen molar-refractivity contribution >= 4 is 17.6 Å². The Morgan fingerprint density at radius 3 is 2.67 bits per heavy atom. The van der Waals surface area contributed by atoms with Gasteiger partial charge in [0.25, 0.3) is 0 Å². The summed E-state index contributed by atoms with van der Waals surface area (Å²) in [5, 5.41) is 4.79. The Hall–Kier alpha value is -0.740. The number of aromatic nitrogens is 1. The van der Waals surface area contributed by atoms with Gasteiger partial charge in [-0.2, -0.15) is 11.8 Å². The third kappa shape index (κ3) is 3.92. The molecular formula is C17H27N3S. The third-order valence-corrected chi connectivity index (χ3v) is 6.09. The van der Waals surface area contributed by atoms with Gasteiger partial charge < -0.3 is 10.2 Å². The highest BCUT2D eigenvalue weighted by Crippen LogP contribution is 2.28. The average Bonchev–Trinajstić information content (AvgIpc) is 2.57. The second kappa shape index (κ2) is 7.50. The zero-order valence-corrected chi connectivity index (χ0v) is 13.8. The molecule has 2 aliphatic rings. The number of piperidine rings is 1. The Labute approximate surface area is 132 Å². The predicted molar refractivity (Wildman–Crippen MR) is 92.2 cm³/mol. The van der Waals surface area contributed by atoms with E-state index < -0.39 is 0 Å². The van der Waals surface area contributed by atoms with Gasteiger partial charge in [0.2, 0.25) is 0 Å². The topological polar surface area (TPSA) is 28.2 Å². The molecule has 0 aromatic carbocycles. The van der Waals surface area contributed by atoms with Crippen molar-refractivity contribution in [1.29, 1.82) is 0 Å². The molecule has 1 saturated heterocycles. The van der Waals surface area contributed by atoms with Crippen molar-refractivity contribution < 1.29 is 0 Å². The summed E-state index contributed by atoms with van der Waals surface area (Å²) in [6.45, 7) is 2.26. The van der Waals surface area contributed by atoms with E-state index in [1.807, 2.05) is 12.3 Å².